The molecule has 0 aromatic carbocycles. The highest BCUT2D eigenvalue weighted by atomic mass is 32.1. The van der Waals surface area contributed by atoms with E-state index in [4.69, 9.17) is 4.42 Å². The van der Waals surface area contributed by atoms with Crippen LogP contribution in [0.2, 0.25) is 0 Å². The molecule has 23 heavy (non-hydrogen) atoms. The maximum Gasteiger partial charge on any atom is 0.144 e. The molecule has 2 nitrogen and oxygen atoms in total. The van der Waals surface area contributed by atoms with Crippen molar-refractivity contribution in [3.8, 4) is 10.6 Å². The van der Waals surface area contributed by atoms with E-state index in [1.165, 1.54) is 48.3 Å². The Kier molecular flexibility index (Phi) is 3.24. The number of nitrogens with one attached hydrogen (secondary N) is 1. The van der Waals surface area contributed by atoms with E-state index in [-0.39, 0.29) is 0 Å². The summed E-state index contributed by atoms with van der Waals surface area (Å²) in [6, 6.07) is 8.60. The van der Waals surface area contributed by atoms with E-state index >= 15 is 0 Å². The van der Waals surface area contributed by atoms with E-state index in [1.807, 2.05) is 24.3 Å². The summed E-state index contributed by atoms with van der Waals surface area (Å²) >= 11 is 1.87. The maximum atomic E-state index is 5.75. The summed E-state index contributed by atoms with van der Waals surface area (Å²) in [4.78, 5) is 2.69. The zero-order valence-electron chi connectivity index (χ0n) is 13.8. The van der Waals surface area contributed by atoms with Gasteiger partial charge in [0.05, 0.1) is 4.88 Å². The van der Waals surface area contributed by atoms with Gasteiger partial charge in [0.2, 0.25) is 0 Å². The largest absolute Gasteiger partial charge is 0.461 e. The van der Waals surface area contributed by atoms with Gasteiger partial charge in [-0.3, -0.25) is 0 Å². The number of hydrogen-bond donors (Lipinski definition) is 1. The monoisotopic (exact) mass is 327 g/mol. The Hall–Kier alpha value is -1.06. The first kappa shape index (κ1) is 14.3. The normalized spacial score (nSPS) is 35.1. The van der Waals surface area contributed by atoms with Gasteiger partial charge in [-0.25, -0.2) is 0 Å². The molecule has 3 heteroatoms. The molecule has 122 valence electrons. The van der Waals surface area contributed by atoms with E-state index in [9.17, 15) is 0 Å². The van der Waals surface area contributed by atoms with Crippen molar-refractivity contribution in [3.05, 3.63) is 34.9 Å². The number of aryl methyl sites for hydroxylation is 1. The van der Waals surface area contributed by atoms with Gasteiger partial charge < -0.3 is 9.73 Å². The molecule has 2 aromatic rings. The van der Waals surface area contributed by atoms with Crippen molar-refractivity contribution in [2.75, 3.05) is 0 Å². The molecule has 6 rings (SSSR count). The van der Waals surface area contributed by atoms with E-state index in [0.29, 0.717) is 5.54 Å². The predicted molar refractivity (Wildman–Crippen MR) is 94.5 cm³/mol. The summed E-state index contributed by atoms with van der Waals surface area (Å²) in [7, 11) is 0. The second kappa shape index (κ2) is 5.22. The molecule has 4 aliphatic carbocycles. The molecule has 1 N–H and O–H groups in total. The SMILES string of the molecule is Cc1ccc(-c2ccc(CNC34CC5CC(CC(C5)C3)C4)s2)o1. The molecular weight excluding hydrogens is 302 g/mol. The van der Waals surface area contributed by atoms with Crippen LogP contribution >= 0.6 is 11.3 Å². The molecule has 4 saturated carbocycles. The molecule has 0 saturated heterocycles. The third-order valence-electron chi connectivity index (χ3n) is 6.32. The third kappa shape index (κ3) is 2.58. The zero-order chi connectivity index (χ0) is 15.4. The van der Waals surface area contributed by atoms with Gasteiger partial charge in [0.1, 0.15) is 11.5 Å². The quantitative estimate of drug-likeness (QED) is 0.816. The standard InChI is InChI=1S/C20H25NOS/c1-13-2-4-18(22-13)19-5-3-17(23-19)12-21-20-9-14-6-15(10-20)8-16(7-14)11-20/h2-5,14-16,21H,6-12H2,1H3. The summed E-state index contributed by atoms with van der Waals surface area (Å²) in [5.74, 6) is 5.03. The lowest BCUT2D eigenvalue weighted by Gasteiger charge is -2.57. The fourth-order valence-electron chi connectivity index (χ4n) is 5.77. The summed E-state index contributed by atoms with van der Waals surface area (Å²) in [6.45, 7) is 3.03. The molecule has 4 aliphatic rings. The van der Waals surface area contributed by atoms with E-state index < -0.39 is 0 Å². The topological polar surface area (TPSA) is 25.2 Å². The fraction of sp³-hybridized carbons (Fsp3) is 0.600. The Balaban J connectivity index is 1.29. The Labute approximate surface area is 142 Å². The van der Waals surface area contributed by atoms with Gasteiger partial charge in [-0.15, -0.1) is 11.3 Å². The smallest absolute Gasteiger partial charge is 0.144 e. The van der Waals surface area contributed by atoms with Crippen LogP contribution in [0.15, 0.2) is 28.7 Å². The van der Waals surface area contributed by atoms with Gasteiger partial charge in [0.15, 0.2) is 0 Å². The van der Waals surface area contributed by atoms with Crippen LogP contribution in [-0.4, -0.2) is 5.54 Å². The lowest BCUT2D eigenvalue weighted by molar-refractivity contribution is -0.0204. The Morgan fingerprint density at radius 1 is 1.04 bits per heavy atom. The van der Waals surface area contributed by atoms with Gasteiger partial charge in [-0.05, 0) is 87.5 Å². The second-order valence-electron chi connectivity index (χ2n) is 8.23. The maximum absolute atomic E-state index is 5.75. The first-order chi connectivity index (χ1) is 11.2. The first-order valence-corrected chi connectivity index (χ1v) is 9.90. The molecule has 2 aromatic heterocycles. The molecule has 2 heterocycles. The minimum absolute atomic E-state index is 0.459. The number of rotatable bonds is 4. The van der Waals surface area contributed by atoms with Crippen LogP contribution in [0, 0.1) is 24.7 Å². The van der Waals surface area contributed by atoms with Crippen LogP contribution in [0.25, 0.3) is 10.6 Å². The average Bonchev–Trinajstić information content (AvgIpc) is 3.12. The summed E-state index contributed by atoms with van der Waals surface area (Å²) in [5.41, 5.74) is 0.459. The highest BCUT2D eigenvalue weighted by molar-refractivity contribution is 7.15. The Morgan fingerprint density at radius 2 is 1.74 bits per heavy atom. The van der Waals surface area contributed by atoms with Crippen LogP contribution in [0.4, 0.5) is 0 Å². The number of thiophene rings is 1. The van der Waals surface area contributed by atoms with Crippen molar-refractivity contribution in [1.29, 1.82) is 0 Å². The van der Waals surface area contributed by atoms with Crippen LogP contribution in [-0.2, 0) is 6.54 Å². The molecular formula is C20H25NOS. The zero-order valence-corrected chi connectivity index (χ0v) is 14.6. The van der Waals surface area contributed by atoms with Gasteiger partial charge in [0.25, 0.3) is 0 Å². The van der Waals surface area contributed by atoms with Crippen molar-refractivity contribution >= 4 is 11.3 Å². The highest BCUT2D eigenvalue weighted by Crippen LogP contribution is 2.55. The summed E-state index contributed by atoms with van der Waals surface area (Å²) in [6.07, 6.45) is 8.82. The molecule has 0 unspecified atom stereocenters. The summed E-state index contributed by atoms with van der Waals surface area (Å²) in [5, 5.41) is 3.99. The molecule has 4 bridgehead atoms. The van der Waals surface area contributed by atoms with Crippen molar-refractivity contribution < 1.29 is 4.42 Å². The highest BCUT2D eigenvalue weighted by Gasteiger charge is 2.50. The molecule has 0 amide bonds. The minimum Gasteiger partial charge on any atom is -0.461 e. The second-order valence-corrected chi connectivity index (χ2v) is 9.40. The number of hydrogen-bond acceptors (Lipinski definition) is 3. The van der Waals surface area contributed by atoms with E-state index in [0.717, 1.165) is 35.8 Å². The van der Waals surface area contributed by atoms with Crippen molar-refractivity contribution in [2.45, 2.75) is 57.5 Å². The van der Waals surface area contributed by atoms with Crippen LogP contribution in [0.3, 0.4) is 0 Å². The van der Waals surface area contributed by atoms with Crippen LogP contribution < -0.4 is 5.32 Å². The fourth-order valence-corrected chi connectivity index (χ4v) is 6.68. The van der Waals surface area contributed by atoms with Gasteiger partial charge in [-0.2, -0.15) is 0 Å². The Morgan fingerprint density at radius 3 is 2.35 bits per heavy atom. The van der Waals surface area contributed by atoms with E-state index in [1.54, 1.807) is 0 Å². The minimum atomic E-state index is 0.459. The van der Waals surface area contributed by atoms with Crippen molar-refractivity contribution in [3.63, 3.8) is 0 Å². The van der Waals surface area contributed by atoms with Crippen LogP contribution in [0.1, 0.15) is 49.2 Å². The molecule has 0 spiro atoms. The molecule has 4 fully saturated rings. The lowest BCUT2D eigenvalue weighted by atomic mass is 9.53. The predicted octanol–water partition coefficient (Wildman–Crippen LogP) is 5.37. The van der Waals surface area contributed by atoms with E-state index in [2.05, 4.69) is 23.5 Å². The van der Waals surface area contributed by atoms with Crippen molar-refractivity contribution in [2.24, 2.45) is 17.8 Å². The van der Waals surface area contributed by atoms with Crippen molar-refractivity contribution in [1.82, 2.24) is 5.32 Å². The van der Waals surface area contributed by atoms with Gasteiger partial charge >= 0.3 is 0 Å². The third-order valence-corrected chi connectivity index (χ3v) is 7.42. The van der Waals surface area contributed by atoms with Gasteiger partial charge in [0, 0.05) is 17.0 Å². The summed E-state index contributed by atoms with van der Waals surface area (Å²) < 4.78 is 5.75. The van der Waals surface area contributed by atoms with Gasteiger partial charge in [-0.1, -0.05) is 0 Å². The Bertz CT molecular complexity index is 678. The lowest BCUT2D eigenvalue weighted by Crippen LogP contribution is -2.58. The average molecular weight is 327 g/mol. The molecule has 0 atom stereocenters. The van der Waals surface area contributed by atoms with Crippen LogP contribution in [0.5, 0.6) is 0 Å². The molecule has 0 radical (unpaired) electrons. The molecule has 0 aliphatic heterocycles. The first-order valence-electron chi connectivity index (χ1n) is 9.08. The number of furan rings is 1.